The minimum Gasteiger partial charge on any atom is -0.384 e. The molecule has 2 aromatic heterocycles. The van der Waals surface area contributed by atoms with Crippen molar-refractivity contribution in [3.8, 4) is 5.69 Å². The summed E-state index contributed by atoms with van der Waals surface area (Å²) in [5.41, 5.74) is 10.3. The second kappa shape index (κ2) is 8.63. The topological polar surface area (TPSA) is 85.8 Å². The molecule has 0 spiro atoms. The smallest absolute Gasteiger partial charge is 0.257 e. The number of amides is 1. The summed E-state index contributed by atoms with van der Waals surface area (Å²) in [5.74, 6) is -0.434. The molecular formula is C25H19BrFN5O. The largest absolute Gasteiger partial charge is 0.384 e. The summed E-state index contributed by atoms with van der Waals surface area (Å²) < 4.78 is 16.6. The number of anilines is 1. The Bertz CT molecular complexity index is 1500. The fraction of sp³-hybridized carbons (Fsp3) is 0.0800. The van der Waals surface area contributed by atoms with Crippen molar-refractivity contribution in [2.45, 2.75) is 6.42 Å². The van der Waals surface area contributed by atoms with E-state index < -0.39 is 0 Å². The Morgan fingerprint density at radius 2 is 1.64 bits per heavy atom. The highest BCUT2D eigenvalue weighted by atomic mass is 79.9. The highest BCUT2D eigenvalue weighted by Crippen LogP contribution is 2.31. The first-order valence-electron chi connectivity index (χ1n) is 10.4. The van der Waals surface area contributed by atoms with E-state index in [0.717, 1.165) is 10.2 Å². The molecule has 0 bridgehead atoms. The van der Waals surface area contributed by atoms with E-state index in [9.17, 15) is 9.18 Å². The van der Waals surface area contributed by atoms with Crippen LogP contribution in [0.1, 0.15) is 15.9 Å². The van der Waals surface area contributed by atoms with Crippen LogP contribution in [0.4, 0.5) is 10.2 Å². The molecule has 3 N–H and O–H groups in total. The number of hydrogen-bond acceptors (Lipinski definition) is 4. The standard InChI is InChI=1S/C25H19BrFN5O/c26-16-9-11-17(12-10-16)32-23(28)21(22-24(32)31-20-8-4-3-7-19(20)30-22)25(33)29-14-13-15-5-1-2-6-18(15)27/h1-12H,13-14,28H2,(H,29,33). The molecule has 5 rings (SSSR count). The Hall–Kier alpha value is -3.78. The van der Waals surface area contributed by atoms with E-state index in [1.165, 1.54) is 6.07 Å². The first kappa shape index (κ1) is 21.1. The number of nitrogens with zero attached hydrogens (tertiary/aromatic N) is 3. The van der Waals surface area contributed by atoms with Crippen LogP contribution in [0.3, 0.4) is 0 Å². The lowest BCUT2D eigenvalue weighted by atomic mass is 10.1. The van der Waals surface area contributed by atoms with Crippen LogP contribution in [-0.4, -0.2) is 27.0 Å². The van der Waals surface area contributed by atoms with Crippen molar-refractivity contribution < 1.29 is 9.18 Å². The number of aromatic nitrogens is 3. The summed E-state index contributed by atoms with van der Waals surface area (Å²) >= 11 is 3.44. The highest BCUT2D eigenvalue weighted by Gasteiger charge is 2.24. The molecule has 0 aliphatic carbocycles. The van der Waals surface area contributed by atoms with Crippen molar-refractivity contribution >= 4 is 49.9 Å². The van der Waals surface area contributed by atoms with Crippen LogP contribution in [0.2, 0.25) is 0 Å². The zero-order chi connectivity index (χ0) is 22.9. The predicted octanol–water partition coefficient (Wildman–Crippen LogP) is 5.03. The number of hydrogen-bond donors (Lipinski definition) is 2. The number of halogens is 2. The van der Waals surface area contributed by atoms with E-state index in [0.29, 0.717) is 34.2 Å². The van der Waals surface area contributed by atoms with Crippen LogP contribution in [0, 0.1) is 5.82 Å². The number of nitrogen functional groups attached to an aromatic ring is 1. The maximum absolute atomic E-state index is 13.9. The molecule has 0 saturated carbocycles. The van der Waals surface area contributed by atoms with Crippen LogP contribution in [0.5, 0.6) is 0 Å². The second-order valence-electron chi connectivity index (χ2n) is 7.55. The fourth-order valence-electron chi connectivity index (χ4n) is 3.84. The molecule has 0 atom stereocenters. The lowest BCUT2D eigenvalue weighted by Gasteiger charge is -2.09. The normalized spacial score (nSPS) is 11.2. The molecule has 0 saturated heterocycles. The summed E-state index contributed by atoms with van der Waals surface area (Å²) in [5, 5.41) is 2.86. The van der Waals surface area contributed by atoms with Gasteiger partial charge in [-0.25, -0.2) is 14.4 Å². The summed E-state index contributed by atoms with van der Waals surface area (Å²) in [7, 11) is 0. The number of fused-ring (bicyclic) bond motifs is 2. The van der Waals surface area contributed by atoms with Gasteiger partial charge in [0.25, 0.3) is 5.91 Å². The number of carbonyl (C=O) groups excluding carboxylic acids is 1. The lowest BCUT2D eigenvalue weighted by Crippen LogP contribution is -2.26. The van der Waals surface area contributed by atoms with Crippen molar-refractivity contribution in [2.24, 2.45) is 0 Å². The number of para-hydroxylation sites is 2. The number of nitrogens with one attached hydrogen (secondary N) is 1. The Kier molecular flexibility index (Phi) is 5.51. The lowest BCUT2D eigenvalue weighted by molar-refractivity contribution is 0.0956. The molecule has 1 amide bonds. The molecule has 0 radical (unpaired) electrons. The number of benzene rings is 3. The van der Waals surface area contributed by atoms with Crippen molar-refractivity contribution in [2.75, 3.05) is 12.3 Å². The predicted molar refractivity (Wildman–Crippen MR) is 131 cm³/mol. The van der Waals surface area contributed by atoms with Gasteiger partial charge in [-0.05, 0) is 54.4 Å². The Labute approximate surface area is 197 Å². The van der Waals surface area contributed by atoms with Crippen LogP contribution in [-0.2, 0) is 6.42 Å². The van der Waals surface area contributed by atoms with Crippen molar-refractivity contribution in [3.05, 3.63) is 94.2 Å². The van der Waals surface area contributed by atoms with Gasteiger partial charge < -0.3 is 11.1 Å². The molecule has 164 valence electrons. The first-order valence-corrected chi connectivity index (χ1v) is 11.2. The molecule has 3 aromatic carbocycles. The van der Waals surface area contributed by atoms with Crippen molar-refractivity contribution in [1.29, 1.82) is 0 Å². The zero-order valence-corrected chi connectivity index (χ0v) is 19.0. The molecule has 33 heavy (non-hydrogen) atoms. The monoisotopic (exact) mass is 503 g/mol. The number of nitrogens with two attached hydrogens (primary N) is 1. The summed E-state index contributed by atoms with van der Waals surface area (Å²) in [6.45, 7) is 0.255. The summed E-state index contributed by atoms with van der Waals surface area (Å²) in [4.78, 5) is 22.7. The molecule has 8 heteroatoms. The van der Waals surface area contributed by atoms with Gasteiger partial charge in [0.15, 0.2) is 5.65 Å². The quantitative estimate of drug-likeness (QED) is 0.352. The minimum absolute atomic E-state index is 0.242. The Balaban J connectivity index is 1.58. The van der Waals surface area contributed by atoms with E-state index in [1.807, 2.05) is 48.5 Å². The maximum Gasteiger partial charge on any atom is 0.257 e. The summed E-state index contributed by atoms with van der Waals surface area (Å²) in [6, 6.07) is 21.5. The molecular weight excluding hydrogens is 485 g/mol. The molecule has 0 unspecified atom stereocenters. The molecule has 0 fully saturated rings. The average Bonchev–Trinajstić information content (AvgIpc) is 3.10. The minimum atomic E-state index is -0.380. The van der Waals surface area contributed by atoms with Crippen LogP contribution >= 0.6 is 15.9 Å². The SMILES string of the molecule is Nc1c(C(=O)NCCc2ccccc2F)c2nc3ccccc3nc2n1-c1ccc(Br)cc1. The zero-order valence-electron chi connectivity index (χ0n) is 17.4. The van der Waals surface area contributed by atoms with Gasteiger partial charge >= 0.3 is 0 Å². The maximum atomic E-state index is 13.9. The molecule has 5 aromatic rings. The third kappa shape index (κ3) is 3.93. The summed E-state index contributed by atoms with van der Waals surface area (Å²) in [6.07, 6.45) is 0.359. The highest BCUT2D eigenvalue weighted by molar-refractivity contribution is 9.10. The molecule has 2 heterocycles. The third-order valence-corrected chi connectivity index (χ3v) is 5.98. The molecule has 0 aliphatic heterocycles. The van der Waals surface area contributed by atoms with Crippen molar-refractivity contribution in [1.82, 2.24) is 19.9 Å². The van der Waals surface area contributed by atoms with Gasteiger partial charge in [0, 0.05) is 16.7 Å². The van der Waals surface area contributed by atoms with Gasteiger partial charge in [0.2, 0.25) is 0 Å². The first-order chi connectivity index (χ1) is 16.0. The van der Waals surface area contributed by atoms with E-state index >= 15 is 0 Å². The van der Waals surface area contributed by atoms with Crippen molar-refractivity contribution in [3.63, 3.8) is 0 Å². The van der Waals surface area contributed by atoms with Gasteiger partial charge in [0.1, 0.15) is 22.7 Å². The van der Waals surface area contributed by atoms with E-state index in [4.69, 9.17) is 15.7 Å². The van der Waals surface area contributed by atoms with Crippen LogP contribution < -0.4 is 11.1 Å². The van der Waals surface area contributed by atoms with Crippen LogP contribution in [0.15, 0.2) is 77.3 Å². The van der Waals surface area contributed by atoms with Gasteiger partial charge in [-0.15, -0.1) is 0 Å². The fourth-order valence-corrected chi connectivity index (χ4v) is 4.10. The van der Waals surface area contributed by atoms with E-state index in [-0.39, 0.29) is 29.7 Å². The Morgan fingerprint density at radius 3 is 2.36 bits per heavy atom. The number of carbonyl (C=O) groups is 1. The average molecular weight is 504 g/mol. The Morgan fingerprint density at radius 1 is 0.970 bits per heavy atom. The molecule has 0 aliphatic rings. The van der Waals surface area contributed by atoms with E-state index in [2.05, 4.69) is 21.2 Å². The number of rotatable bonds is 5. The van der Waals surface area contributed by atoms with E-state index in [1.54, 1.807) is 22.8 Å². The van der Waals surface area contributed by atoms with Gasteiger partial charge in [-0.1, -0.05) is 46.3 Å². The second-order valence-corrected chi connectivity index (χ2v) is 8.47. The van der Waals surface area contributed by atoms with Gasteiger partial charge in [0.05, 0.1) is 11.0 Å². The molecule has 6 nitrogen and oxygen atoms in total. The van der Waals surface area contributed by atoms with Gasteiger partial charge in [-0.2, -0.15) is 0 Å². The van der Waals surface area contributed by atoms with Crippen LogP contribution in [0.25, 0.3) is 27.9 Å². The van der Waals surface area contributed by atoms with Gasteiger partial charge in [-0.3, -0.25) is 9.36 Å². The third-order valence-electron chi connectivity index (χ3n) is 5.45.